The Hall–Kier alpha value is -6.32. The van der Waals surface area contributed by atoms with Crippen LogP contribution in [0.4, 0.5) is 9.59 Å². The van der Waals surface area contributed by atoms with Crippen molar-refractivity contribution in [1.82, 2.24) is 44.9 Å². The molecule has 5 aliphatic rings. The van der Waals surface area contributed by atoms with Crippen molar-refractivity contribution in [1.29, 1.82) is 0 Å². The van der Waals surface area contributed by atoms with Gasteiger partial charge in [0.25, 0.3) is 0 Å². The predicted octanol–water partition coefficient (Wildman–Crippen LogP) is 6.84. The molecule has 2 aromatic carbocycles. The first kappa shape index (κ1) is 39.2. The minimum Gasteiger partial charge on any atom is -0.470 e. The number of likely N-dealkylation sites (tertiary alicyclic amines) is 1. The van der Waals surface area contributed by atoms with E-state index >= 15 is 0 Å². The Bertz CT molecular complexity index is 2460. The van der Waals surface area contributed by atoms with Crippen LogP contribution in [0.3, 0.4) is 0 Å². The highest BCUT2D eigenvalue weighted by Crippen LogP contribution is 2.48. The van der Waals surface area contributed by atoms with Crippen LogP contribution in [-0.4, -0.2) is 97.7 Å². The van der Waals surface area contributed by atoms with Crippen LogP contribution in [0.2, 0.25) is 0 Å². The number of amides is 4. The molecule has 2 bridgehead atoms. The number of imidazole rings is 2. The molecule has 16 heteroatoms. The molecule has 16 nitrogen and oxygen atoms in total. The molecule has 5 aromatic rings. The zero-order valence-electron chi connectivity index (χ0n) is 34.5. The minimum atomic E-state index is -0.701. The van der Waals surface area contributed by atoms with Crippen molar-refractivity contribution in [3.63, 3.8) is 0 Å². The predicted molar refractivity (Wildman–Crippen MR) is 221 cm³/mol. The number of fused-ring (bicyclic) bond motifs is 8. The molecular formula is C44H51N9O7. The minimum absolute atomic E-state index is 0.112. The van der Waals surface area contributed by atoms with Gasteiger partial charge in [-0.25, -0.2) is 19.6 Å². The fourth-order valence-electron chi connectivity index (χ4n) is 9.89. The van der Waals surface area contributed by atoms with E-state index in [1.165, 1.54) is 14.2 Å². The highest BCUT2D eigenvalue weighted by molar-refractivity contribution is 5.92. The molecule has 60 heavy (non-hydrogen) atoms. The second-order valence-electron chi connectivity index (χ2n) is 16.7. The summed E-state index contributed by atoms with van der Waals surface area (Å²) in [4.78, 5) is 71.2. The number of H-pyrrole nitrogens is 2. The summed E-state index contributed by atoms with van der Waals surface area (Å²) in [5.41, 5.74) is 6.65. The van der Waals surface area contributed by atoms with E-state index in [1.807, 2.05) is 49.0 Å². The van der Waals surface area contributed by atoms with Gasteiger partial charge in [-0.15, -0.1) is 0 Å². The monoisotopic (exact) mass is 817 g/mol. The largest absolute Gasteiger partial charge is 0.470 e. The summed E-state index contributed by atoms with van der Waals surface area (Å²) < 4.78 is 18.3. The number of carbonyl (C=O) groups is 4. The maximum Gasteiger partial charge on any atom is 0.407 e. The van der Waals surface area contributed by atoms with E-state index in [0.717, 1.165) is 94.8 Å². The van der Waals surface area contributed by atoms with E-state index in [4.69, 9.17) is 19.4 Å². The van der Waals surface area contributed by atoms with Crippen LogP contribution in [0.5, 0.6) is 5.75 Å². The van der Waals surface area contributed by atoms with Crippen molar-refractivity contribution in [3.05, 3.63) is 66.5 Å². The number of aromatic amines is 2. The molecule has 0 radical (unpaired) electrons. The van der Waals surface area contributed by atoms with E-state index in [2.05, 4.69) is 66.3 Å². The number of piperidine rings is 2. The molecule has 10 rings (SSSR count). The lowest BCUT2D eigenvalue weighted by Crippen LogP contribution is -2.55. The van der Waals surface area contributed by atoms with E-state index in [-0.39, 0.29) is 54.5 Å². The van der Waals surface area contributed by atoms with Gasteiger partial charge in [0.1, 0.15) is 30.0 Å². The van der Waals surface area contributed by atoms with Gasteiger partial charge in [0, 0.05) is 34.7 Å². The van der Waals surface area contributed by atoms with Gasteiger partial charge in [-0.2, -0.15) is 0 Å². The Morgan fingerprint density at radius 3 is 2.32 bits per heavy atom. The summed E-state index contributed by atoms with van der Waals surface area (Å²) in [6.45, 7) is 6.31. The fraction of sp³-hybridized carbons (Fsp3) is 0.455. The molecule has 4 amide bonds. The lowest BCUT2D eigenvalue weighted by Gasteiger charge is -2.50. The van der Waals surface area contributed by atoms with Crippen LogP contribution in [-0.2, 0) is 19.1 Å². The summed E-state index contributed by atoms with van der Waals surface area (Å²) in [6, 6.07) is 13.7. The number of hydrogen-bond acceptors (Lipinski definition) is 9. The lowest BCUT2D eigenvalue weighted by atomic mass is 9.74. The van der Waals surface area contributed by atoms with Gasteiger partial charge >= 0.3 is 12.2 Å². The molecule has 314 valence electrons. The number of rotatable bonds is 9. The van der Waals surface area contributed by atoms with Crippen LogP contribution >= 0.6 is 0 Å². The number of carbonyl (C=O) groups excluding carboxylic acids is 4. The van der Waals surface area contributed by atoms with Gasteiger partial charge in [0.15, 0.2) is 6.23 Å². The Morgan fingerprint density at radius 1 is 0.883 bits per heavy atom. The van der Waals surface area contributed by atoms with Crippen LogP contribution in [0.15, 0.2) is 54.9 Å². The Morgan fingerprint density at radius 2 is 1.58 bits per heavy atom. The molecular weight excluding hydrogens is 767 g/mol. The summed E-state index contributed by atoms with van der Waals surface area (Å²) >= 11 is 0. The van der Waals surface area contributed by atoms with Crippen LogP contribution in [0, 0.1) is 11.8 Å². The molecule has 1 aliphatic carbocycles. The Labute approximate surface area is 347 Å². The number of nitrogens with zero attached hydrogens (tertiary/aromatic N) is 5. The summed E-state index contributed by atoms with van der Waals surface area (Å²) in [7, 11) is 2.58. The first-order chi connectivity index (χ1) is 29.0. The van der Waals surface area contributed by atoms with Crippen molar-refractivity contribution in [3.8, 4) is 39.5 Å². The quantitative estimate of drug-likeness (QED) is 0.123. The van der Waals surface area contributed by atoms with Gasteiger partial charge in [-0.3, -0.25) is 9.59 Å². The van der Waals surface area contributed by atoms with Gasteiger partial charge in [-0.05, 0) is 87.6 Å². The zero-order valence-corrected chi connectivity index (χ0v) is 34.5. The normalized spacial score (nSPS) is 22.3. The average molecular weight is 818 g/mol. The Kier molecular flexibility index (Phi) is 10.2. The first-order valence-electron chi connectivity index (χ1n) is 20.9. The number of hydrogen-bond donors (Lipinski definition) is 4. The standard InChI is InChI=1S/C44H51N9O7/c1-23(2)38(50-44(57)59-5)42(55)51-16-6-7-34(51)40-45-20-31(48-40)26-11-15-33-28(17-26)18-35-30-14-10-27(19-36(30)60-24(3)52(33)35)32-21-46-41(49-32)39-25-8-12-29(13-9-25)53(39)37(54)22-47-43(56)58-4/h10-11,14-15,17-21,23-25,29,34,38-39H,6-9,12-13,16,22H2,1-5H3,(H,45,48)(H,46,49)(H,47,56)(H,50,57)/t24?,25?,29?,34-,38-,39-/m0/s1. The number of benzene rings is 2. The third-order valence-electron chi connectivity index (χ3n) is 12.8. The Balaban J connectivity index is 0.949. The molecule has 4 N–H and O–H groups in total. The smallest absolute Gasteiger partial charge is 0.407 e. The van der Waals surface area contributed by atoms with Crippen molar-refractivity contribution in [2.45, 2.75) is 89.7 Å². The molecule has 4 fully saturated rings. The lowest BCUT2D eigenvalue weighted by molar-refractivity contribution is -0.144. The SMILES string of the molecule is COC(=O)NCC(=O)N1C2CCC(CC2)[C@H]1c1ncc(-c2ccc3c(c2)OC(C)n2c-3cc3cc(-c4cnc([C@@H]5CCCN5C(=O)[C@@H](NC(=O)OC)C(C)C)[nH]4)ccc32)[nH]1. The second-order valence-corrected chi connectivity index (χ2v) is 16.7. The van der Waals surface area contributed by atoms with E-state index in [9.17, 15) is 19.2 Å². The summed E-state index contributed by atoms with van der Waals surface area (Å²) in [5, 5.41) is 6.31. The highest BCUT2D eigenvalue weighted by Gasteiger charge is 2.46. The number of alkyl carbamates (subject to hydrolysis) is 2. The van der Waals surface area contributed by atoms with Gasteiger partial charge in [0.2, 0.25) is 11.8 Å². The van der Waals surface area contributed by atoms with Crippen molar-refractivity contribution < 1.29 is 33.4 Å². The number of nitrogens with one attached hydrogen (secondary N) is 4. The van der Waals surface area contributed by atoms with Gasteiger partial charge in [-0.1, -0.05) is 26.0 Å². The molecule has 4 atom stereocenters. The molecule has 1 unspecified atom stereocenters. The van der Waals surface area contributed by atoms with E-state index < -0.39 is 18.2 Å². The molecule has 3 aromatic heterocycles. The van der Waals surface area contributed by atoms with Crippen molar-refractivity contribution >= 4 is 34.9 Å². The summed E-state index contributed by atoms with van der Waals surface area (Å²) in [6.07, 6.45) is 7.68. The highest BCUT2D eigenvalue weighted by atomic mass is 16.5. The van der Waals surface area contributed by atoms with Crippen molar-refractivity contribution in [2.75, 3.05) is 27.3 Å². The second kappa shape index (κ2) is 15.7. The van der Waals surface area contributed by atoms with E-state index in [1.54, 1.807) is 0 Å². The molecule has 4 aliphatic heterocycles. The van der Waals surface area contributed by atoms with Crippen molar-refractivity contribution in [2.24, 2.45) is 11.8 Å². The molecule has 7 heterocycles. The number of aromatic nitrogens is 5. The van der Waals surface area contributed by atoms with Crippen LogP contribution < -0.4 is 15.4 Å². The molecule has 0 spiro atoms. The van der Waals surface area contributed by atoms with Gasteiger partial charge in [0.05, 0.1) is 61.3 Å². The van der Waals surface area contributed by atoms with Crippen LogP contribution in [0.25, 0.3) is 44.7 Å². The third-order valence-corrected chi connectivity index (χ3v) is 12.8. The van der Waals surface area contributed by atoms with Crippen LogP contribution in [0.1, 0.15) is 89.3 Å². The third kappa shape index (κ3) is 6.90. The average Bonchev–Trinajstić information content (AvgIpc) is 4.10. The maximum absolute atomic E-state index is 13.7. The topological polar surface area (TPSA) is 189 Å². The first-order valence-corrected chi connectivity index (χ1v) is 20.9. The fourth-order valence-corrected chi connectivity index (χ4v) is 9.89. The summed E-state index contributed by atoms with van der Waals surface area (Å²) in [5.74, 6) is 2.12. The molecule has 1 saturated carbocycles. The number of ether oxygens (including phenoxy) is 3. The number of methoxy groups -OCH3 is 2. The van der Waals surface area contributed by atoms with E-state index in [0.29, 0.717) is 12.4 Å². The van der Waals surface area contributed by atoms with Gasteiger partial charge < -0.3 is 49.2 Å². The maximum atomic E-state index is 13.7. The molecule has 3 saturated heterocycles. The zero-order chi connectivity index (χ0) is 41.8.